The lowest BCUT2D eigenvalue weighted by atomic mass is 10.2. The highest BCUT2D eigenvalue weighted by molar-refractivity contribution is 7.99. The van der Waals surface area contributed by atoms with Crippen LogP contribution in [0, 0.1) is 0 Å². The molecule has 0 aliphatic rings. The number of carbonyl (C=O) groups excluding carboxylic acids is 1. The molecule has 3 nitrogen and oxygen atoms in total. The number of thioether (sulfide) groups is 1. The smallest absolute Gasteiger partial charge is 0.230 e. The van der Waals surface area contributed by atoms with Crippen LogP contribution in [0.25, 0.3) is 0 Å². The molecule has 2 aromatic rings. The molecular formula is C18H20ClNO2S. The van der Waals surface area contributed by atoms with Crippen LogP contribution < -0.4 is 10.1 Å². The molecule has 0 radical (unpaired) electrons. The largest absolute Gasteiger partial charge is 0.494 e. The highest BCUT2D eigenvalue weighted by Gasteiger charge is 2.04. The fraction of sp³-hybridized carbons (Fsp3) is 0.278. The molecule has 0 bridgehead atoms. The minimum Gasteiger partial charge on any atom is -0.494 e. The van der Waals surface area contributed by atoms with Crippen molar-refractivity contribution in [3.8, 4) is 5.75 Å². The van der Waals surface area contributed by atoms with Gasteiger partial charge in [0.2, 0.25) is 5.91 Å². The first-order chi connectivity index (χ1) is 11.2. The first-order valence-electron chi connectivity index (χ1n) is 7.48. The Hall–Kier alpha value is -1.65. The number of rotatable bonds is 8. The summed E-state index contributed by atoms with van der Waals surface area (Å²) in [6, 6.07) is 15.5. The number of amides is 1. The molecule has 0 aliphatic carbocycles. The third-order valence-corrected chi connectivity index (χ3v) is 4.50. The summed E-state index contributed by atoms with van der Waals surface area (Å²) in [5.41, 5.74) is 2.08. The number of nitrogens with one attached hydrogen (secondary N) is 1. The first-order valence-corrected chi connectivity index (χ1v) is 9.02. The molecule has 0 aromatic heterocycles. The quantitative estimate of drug-likeness (QED) is 0.772. The second-order valence-electron chi connectivity index (χ2n) is 4.94. The molecule has 0 saturated carbocycles. The number of ether oxygens (including phenoxy) is 1. The fourth-order valence-corrected chi connectivity index (χ4v) is 3.18. The van der Waals surface area contributed by atoms with E-state index >= 15 is 0 Å². The SMILES string of the molecule is CCOc1cccc(CNC(=O)CSCc2ccccc2Cl)c1. The van der Waals surface area contributed by atoms with Crippen molar-refractivity contribution < 1.29 is 9.53 Å². The summed E-state index contributed by atoms with van der Waals surface area (Å²) in [7, 11) is 0. The Morgan fingerprint density at radius 2 is 2.04 bits per heavy atom. The first kappa shape index (κ1) is 17.7. The zero-order valence-corrected chi connectivity index (χ0v) is 14.6. The van der Waals surface area contributed by atoms with E-state index < -0.39 is 0 Å². The number of halogens is 1. The van der Waals surface area contributed by atoms with Crippen molar-refractivity contribution in [2.75, 3.05) is 12.4 Å². The van der Waals surface area contributed by atoms with E-state index in [9.17, 15) is 4.79 Å². The van der Waals surface area contributed by atoms with Crippen LogP contribution in [0.2, 0.25) is 5.02 Å². The monoisotopic (exact) mass is 349 g/mol. The molecule has 1 N–H and O–H groups in total. The molecule has 5 heteroatoms. The molecule has 0 saturated heterocycles. The second-order valence-corrected chi connectivity index (χ2v) is 6.33. The van der Waals surface area contributed by atoms with E-state index in [2.05, 4.69) is 5.32 Å². The van der Waals surface area contributed by atoms with E-state index in [1.165, 1.54) is 0 Å². The summed E-state index contributed by atoms with van der Waals surface area (Å²) in [6.45, 7) is 3.09. The van der Waals surface area contributed by atoms with Crippen LogP contribution in [-0.2, 0) is 17.1 Å². The zero-order valence-electron chi connectivity index (χ0n) is 13.0. The lowest BCUT2D eigenvalue weighted by Gasteiger charge is -2.08. The van der Waals surface area contributed by atoms with Gasteiger partial charge in [-0.15, -0.1) is 11.8 Å². The summed E-state index contributed by atoms with van der Waals surface area (Å²) in [5.74, 6) is 1.99. The second kappa shape index (κ2) is 9.48. The third-order valence-electron chi connectivity index (χ3n) is 3.15. The van der Waals surface area contributed by atoms with Gasteiger partial charge in [0.15, 0.2) is 0 Å². The molecule has 0 unspecified atom stereocenters. The van der Waals surface area contributed by atoms with Crippen LogP contribution in [0.1, 0.15) is 18.1 Å². The summed E-state index contributed by atoms with van der Waals surface area (Å²) in [6.07, 6.45) is 0. The van der Waals surface area contributed by atoms with Gasteiger partial charge in [-0.3, -0.25) is 4.79 Å². The molecule has 1 amide bonds. The average Bonchev–Trinajstić information content (AvgIpc) is 2.55. The summed E-state index contributed by atoms with van der Waals surface area (Å²) in [5, 5.41) is 3.66. The maximum absolute atomic E-state index is 11.9. The summed E-state index contributed by atoms with van der Waals surface area (Å²) < 4.78 is 5.45. The molecule has 0 heterocycles. The van der Waals surface area contributed by atoms with Gasteiger partial charge < -0.3 is 10.1 Å². The van der Waals surface area contributed by atoms with E-state index in [-0.39, 0.29) is 5.91 Å². The van der Waals surface area contributed by atoms with Crippen molar-refractivity contribution in [1.29, 1.82) is 0 Å². The maximum atomic E-state index is 11.9. The molecule has 0 fully saturated rings. The van der Waals surface area contributed by atoms with Gasteiger partial charge in [-0.2, -0.15) is 0 Å². The van der Waals surface area contributed by atoms with Crippen molar-refractivity contribution in [3.63, 3.8) is 0 Å². The van der Waals surface area contributed by atoms with Gasteiger partial charge in [-0.05, 0) is 36.2 Å². The molecule has 122 valence electrons. The van der Waals surface area contributed by atoms with E-state index in [1.54, 1.807) is 11.8 Å². The molecule has 2 aromatic carbocycles. The van der Waals surface area contributed by atoms with Gasteiger partial charge >= 0.3 is 0 Å². The minimum atomic E-state index is 0.0175. The van der Waals surface area contributed by atoms with Crippen molar-refractivity contribution in [2.24, 2.45) is 0 Å². The van der Waals surface area contributed by atoms with Crippen LogP contribution in [0.5, 0.6) is 5.75 Å². The number of hydrogen-bond donors (Lipinski definition) is 1. The van der Waals surface area contributed by atoms with E-state index in [1.807, 2.05) is 55.5 Å². The predicted molar refractivity (Wildman–Crippen MR) is 97.1 cm³/mol. The molecule has 0 aliphatic heterocycles. The molecule has 0 atom stereocenters. The minimum absolute atomic E-state index is 0.0175. The van der Waals surface area contributed by atoms with E-state index in [0.29, 0.717) is 18.9 Å². The lowest BCUT2D eigenvalue weighted by Crippen LogP contribution is -2.24. The van der Waals surface area contributed by atoms with E-state index in [4.69, 9.17) is 16.3 Å². The Labute approximate surface area is 146 Å². The Morgan fingerprint density at radius 3 is 2.83 bits per heavy atom. The molecule has 23 heavy (non-hydrogen) atoms. The van der Waals surface area contributed by atoms with Gasteiger partial charge in [-0.1, -0.05) is 41.9 Å². The summed E-state index contributed by atoms with van der Waals surface area (Å²) >= 11 is 7.65. The topological polar surface area (TPSA) is 38.3 Å². The van der Waals surface area contributed by atoms with Crippen LogP contribution in [-0.4, -0.2) is 18.3 Å². The third kappa shape index (κ3) is 6.16. The maximum Gasteiger partial charge on any atom is 0.230 e. The lowest BCUT2D eigenvalue weighted by molar-refractivity contribution is -0.118. The van der Waals surface area contributed by atoms with E-state index in [0.717, 1.165) is 27.7 Å². The normalized spacial score (nSPS) is 10.3. The van der Waals surface area contributed by atoms with Crippen molar-refractivity contribution in [3.05, 3.63) is 64.7 Å². The van der Waals surface area contributed by atoms with Crippen molar-refractivity contribution in [2.45, 2.75) is 19.2 Å². The van der Waals surface area contributed by atoms with Crippen LogP contribution in [0.15, 0.2) is 48.5 Å². The van der Waals surface area contributed by atoms with Crippen molar-refractivity contribution in [1.82, 2.24) is 5.32 Å². The zero-order chi connectivity index (χ0) is 16.5. The average molecular weight is 350 g/mol. The fourth-order valence-electron chi connectivity index (χ4n) is 2.03. The number of carbonyl (C=O) groups is 1. The predicted octanol–water partition coefficient (Wildman–Crippen LogP) is 4.29. The number of hydrogen-bond acceptors (Lipinski definition) is 3. The van der Waals surface area contributed by atoms with Gasteiger partial charge in [0, 0.05) is 17.3 Å². The van der Waals surface area contributed by atoms with Gasteiger partial charge in [0.25, 0.3) is 0 Å². The van der Waals surface area contributed by atoms with Gasteiger partial charge in [0.05, 0.1) is 12.4 Å². The highest BCUT2D eigenvalue weighted by Crippen LogP contribution is 2.20. The Balaban J connectivity index is 1.73. The van der Waals surface area contributed by atoms with Crippen LogP contribution in [0.4, 0.5) is 0 Å². The molecular weight excluding hydrogens is 330 g/mol. The highest BCUT2D eigenvalue weighted by atomic mass is 35.5. The van der Waals surface area contributed by atoms with Crippen molar-refractivity contribution >= 4 is 29.3 Å². The Morgan fingerprint density at radius 1 is 1.22 bits per heavy atom. The molecule has 2 rings (SSSR count). The summed E-state index contributed by atoms with van der Waals surface area (Å²) in [4.78, 5) is 11.9. The van der Waals surface area contributed by atoms with Crippen LogP contribution >= 0.6 is 23.4 Å². The Kier molecular flexibility index (Phi) is 7.30. The standard InChI is InChI=1S/C18H20ClNO2S/c1-2-22-16-8-5-6-14(10-16)11-20-18(21)13-23-12-15-7-3-4-9-17(15)19/h3-10H,2,11-13H2,1H3,(H,20,21). The number of benzene rings is 2. The molecule has 0 spiro atoms. The van der Waals surface area contributed by atoms with Crippen LogP contribution in [0.3, 0.4) is 0 Å². The van der Waals surface area contributed by atoms with Gasteiger partial charge in [-0.25, -0.2) is 0 Å². The Bertz CT molecular complexity index is 648. The van der Waals surface area contributed by atoms with Gasteiger partial charge in [0.1, 0.15) is 5.75 Å².